The topological polar surface area (TPSA) is 152 Å². The van der Waals surface area contributed by atoms with Gasteiger partial charge in [-0.15, -0.1) is 45.3 Å². The molecule has 0 saturated carbocycles. The maximum absolute atomic E-state index is 13.2. The van der Waals surface area contributed by atoms with Gasteiger partial charge in [0, 0.05) is 63.5 Å². The van der Waals surface area contributed by atoms with Gasteiger partial charge in [-0.25, -0.2) is 9.97 Å². The minimum Gasteiger partial charge on any atom is -0.336 e. The number of thiophene rings is 2. The minimum absolute atomic E-state index is 0.00269. The molecule has 1 unspecified atom stereocenters. The molecule has 0 spiro atoms. The molecule has 4 aliphatic rings. The Bertz CT molecular complexity index is 2490. The monoisotopic (exact) mass is 931 g/mol. The summed E-state index contributed by atoms with van der Waals surface area (Å²) in [7, 11) is 2.14. The van der Waals surface area contributed by atoms with Gasteiger partial charge in [-0.3, -0.25) is 24.1 Å². The van der Waals surface area contributed by atoms with Gasteiger partial charge in [0.2, 0.25) is 11.8 Å². The largest absolute Gasteiger partial charge is 0.336 e. The average Bonchev–Trinajstić information content (AvgIpc) is 4.12. The zero-order chi connectivity index (χ0) is 43.7. The molecule has 0 bridgehead atoms. The van der Waals surface area contributed by atoms with E-state index in [9.17, 15) is 19.2 Å². The Morgan fingerprint density at radius 2 is 1.09 bits per heavy atom. The quantitative estimate of drug-likeness (QED) is 0.0869. The van der Waals surface area contributed by atoms with E-state index < -0.39 is 0 Å². The SMILES string of the molecule is CN(Cc1cccc(-c2cnc(C3CN(C(=O)c4ccc(NC(=O)C5CCCN5)s4)C3)s2)c1)Cc1cccc(-c2cnc(C3CN(C(=O)c4ccc(NC(=O)[C@@H]5CCCN5)s4)C3)s2)c1. The van der Waals surface area contributed by atoms with Crippen LogP contribution in [0, 0.1) is 0 Å². The molecule has 0 radical (unpaired) electrons. The first-order valence-electron chi connectivity index (χ1n) is 21.8. The van der Waals surface area contributed by atoms with E-state index in [1.807, 2.05) is 34.3 Å². The molecular weight excluding hydrogens is 883 g/mol. The van der Waals surface area contributed by atoms with Crippen molar-refractivity contribution in [2.45, 2.75) is 62.7 Å². The van der Waals surface area contributed by atoms with Crippen molar-refractivity contribution in [2.24, 2.45) is 0 Å². The number of nitrogens with zero attached hydrogens (tertiary/aromatic N) is 5. The lowest BCUT2D eigenvalue weighted by atomic mass is 10.0. The predicted molar refractivity (Wildman–Crippen MR) is 256 cm³/mol. The van der Waals surface area contributed by atoms with Gasteiger partial charge in [-0.1, -0.05) is 36.4 Å². The normalized spacial score (nSPS) is 18.9. The number of aromatic nitrogens is 2. The van der Waals surface area contributed by atoms with E-state index >= 15 is 0 Å². The van der Waals surface area contributed by atoms with Crippen LogP contribution in [0.1, 0.15) is 78.0 Å². The van der Waals surface area contributed by atoms with Gasteiger partial charge in [0.1, 0.15) is 0 Å². The highest BCUT2D eigenvalue weighted by Crippen LogP contribution is 2.38. The van der Waals surface area contributed by atoms with E-state index in [-0.39, 0.29) is 47.5 Å². The molecule has 64 heavy (non-hydrogen) atoms. The minimum atomic E-state index is -0.158. The number of hydrogen-bond donors (Lipinski definition) is 4. The number of carbonyl (C=O) groups excluding carboxylic acids is 4. The Morgan fingerprint density at radius 1 is 0.641 bits per heavy atom. The number of amides is 4. The molecule has 10 rings (SSSR count). The smallest absolute Gasteiger partial charge is 0.264 e. The van der Waals surface area contributed by atoms with Crippen LogP contribution >= 0.6 is 45.3 Å². The van der Waals surface area contributed by atoms with Gasteiger partial charge < -0.3 is 31.1 Å². The molecule has 2 atom stereocenters. The van der Waals surface area contributed by atoms with Crippen LogP contribution in [0.5, 0.6) is 0 Å². The number of nitrogens with one attached hydrogen (secondary N) is 4. The summed E-state index contributed by atoms with van der Waals surface area (Å²) in [6.45, 7) is 5.83. The number of benzene rings is 2. The molecule has 4 saturated heterocycles. The summed E-state index contributed by atoms with van der Waals surface area (Å²) in [5.74, 6) is 0.347. The third-order valence-electron chi connectivity index (χ3n) is 12.3. The summed E-state index contributed by atoms with van der Waals surface area (Å²) in [4.78, 5) is 70.5. The summed E-state index contributed by atoms with van der Waals surface area (Å²) < 4.78 is 0. The van der Waals surface area contributed by atoms with Crippen LogP contribution in [0.3, 0.4) is 0 Å². The number of carbonyl (C=O) groups is 4. The van der Waals surface area contributed by atoms with Gasteiger partial charge in [-0.2, -0.15) is 0 Å². The Kier molecular flexibility index (Phi) is 12.5. The van der Waals surface area contributed by atoms with Crippen molar-refractivity contribution in [1.82, 2.24) is 35.3 Å². The molecular formula is C47H49N9O4S4. The van der Waals surface area contributed by atoms with Crippen LogP contribution in [0.15, 0.2) is 85.2 Å². The molecule has 330 valence electrons. The molecule has 13 nitrogen and oxygen atoms in total. The van der Waals surface area contributed by atoms with Crippen molar-refractivity contribution in [3.05, 3.63) is 116 Å². The zero-order valence-corrected chi connectivity index (χ0v) is 38.6. The fourth-order valence-electron chi connectivity index (χ4n) is 8.73. The molecule has 4 amide bonds. The fraction of sp³-hybridized carbons (Fsp3) is 0.362. The van der Waals surface area contributed by atoms with Crippen molar-refractivity contribution >= 4 is 79.0 Å². The Hall–Kier alpha value is -5.14. The molecule has 4 aliphatic heterocycles. The second kappa shape index (κ2) is 18.8. The number of likely N-dealkylation sites (tertiary alicyclic amines) is 2. The van der Waals surface area contributed by atoms with Crippen LogP contribution in [0.2, 0.25) is 0 Å². The first-order valence-corrected chi connectivity index (χ1v) is 25.1. The van der Waals surface area contributed by atoms with E-state index in [1.54, 1.807) is 34.8 Å². The van der Waals surface area contributed by atoms with Gasteiger partial charge in [0.15, 0.2) is 0 Å². The highest BCUT2D eigenvalue weighted by atomic mass is 32.1. The van der Waals surface area contributed by atoms with E-state index in [4.69, 9.17) is 9.97 Å². The molecule has 17 heteroatoms. The number of rotatable bonds is 14. The molecule has 6 aromatic rings. The van der Waals surface area contributed by atoms with Crippen molar-refractivity contribution in [2.75, 3.05) is 56.9 Å². The first kappa shape index (κ1) is 42.8. The summed E-state index contributed by atoms with van der Waals surface area (Å²) >= 11 is 6.06. The summed E-state index contributed by atoms with van der Waals surface area (Å²) in [6.07, 6.45) is 7.59. The summed E-state index contributed by atoms with van der Waals surface area (Å²) in [5.41, 5.74) is 4.73. The lowest BCUT2D eigenvalue weighted by Gasteiger charge is -2.37. The molecule has 8 heterocycles. The highest BCUT2D eigenvalue weighted by Gasteiger charge is 2.36. The van der Waals surface area contributed by atoms with Crippen LogP contribution in [0.25, 0.3) is 20.9 Å². The first-order chi connectivity index (χ1) is 31.2. The van der Waals surface area contributed by atoms with Crippen LogP contribution < -0.4 is 21.3 Å². The number of anilines is 2. The van der Waals surface area contributed by atoms with Gasteiger partial charge in [0.05, 0.1) is 51.6 Å². The Balaban J connectivity index is 0.686. The maximum atomic E-state index is 13.2. The van der Waals surface area contributed by atoms with Crippen molar-refractivity contribution in [3.63, 3.8) is 0 Å². The Labute approximate surface area is 387 Å². The Morgan fingerprint density at radius 3 is 1.52 bits per heavy atom. The second-order valence-corrected chi connectivity index (χ2v) is 21.4. The number of hydrogen-bond acceptors (Lipinski definition) is 13. The number of thiazole rings is 2. The zero-order valence-electron chi connectivity index (χ0n) is 35.4. The molecule has 4 N–H and O–H groups in total. The van der Waals surface area contributed by atoms with E-state index in [1.165, 1.54) is 33.8 Å². The van der Waals surface area contributed by atoms with Crippen LogP contribution in [0.4, 0.5) is 10.0 Å². The van der Waals surface area contributed by atoms with Gasteiger partial charge >= 0.3 is 0 Å². The lowest BCUT2D eigenvalue weighted by molar-refractivity contribution is -0.118. The standard InChI is InChI=1S/C47H49N9O4S4/c1-54(22-28-6-2-8-30(18-28)38-20-50-44(63-38)32-24-55(25-32)46(59)36-12-14-40(61-36)52-42(57)34-10-4-16-48-34)23-29-7-3-9-31(19-29)39-21-51-45(64-39)33-26-56(27-33)47(60)37-13-15-41(62-37)53-43(58)35-11-5-17-49-35/h2-3,6-9,12-15,18-21,32-35,48-49H,4-5,10-11,16-17,22-27H2,1H3,(H,52,57)(H,53,58)/t34-,35?/m0/s1. The third-order valence-corrected chi connectivity index (χ3v) is 16.7. The van der Waals surface area contributed by atoms with Gasteiger partial charge in [-0.05, 0) is 104 Å². The van der Waals surface area contributed by atoms with Crippen LogP contribution in [-0.4, -0.2) is 107 Å². The molecule has 2 aromatic carbocycles. The van der Waals surface area contributed by atoms with Crippen molar-refractivity contribution < 1.29 is 19.2 Å². The average molecular weight is 932 g/mol. The van der Waals surface area contributed by atoms with Crippen molar-refractivity contribution in [3.8, 4) is 20.9 Å². The molecule has 0 aliphatic carbocycles. The van der Waals surface area contributed by atoms with E-state index in [2.05, 4.69) is 81.7 Å². The molecule has 4 fully saturated rings. The predicted octanol–water partition coefficient (Wildman–Crippen LogP) is 7.55. The third kappa shape index (κ3) is 9.47. The van der Waals surface area contributed by atoms with Gasteiger partial charge in [0.25, 0.3) is 11.8 Å². The lowest BCUT2D eigenvalue weighted by Crippen LogP contribution is -2.48. The van der Waals surface area contributed by atoms with Crippen molar-refractivity contribution in [1.29, 1.82) is 0 Å². The molecule has 4 aromatic heterocycles. The highest BCUT2D eigenvalue weighted by molar-refractivity contribution is 7.18. The van der Waals surface area contributed by atoms with E-state index in [0.29, 0.717) is 45.9 Å². The van der Waals surface area contributed by atoms with E-state index in [0.717, 1.165) is 82.8 Å². The maximum Gasteiger partial charge on any atom is 0.264 e. The summed E-state index contributed by atoms with van der Waals surface area (Å²) in [6, 6.07) is 24.2. The van der Waals surface area contributed by atoms with Crippen LogP contribution in [-0.2, 0) is 22.7 Å². The summed E-state index contributed by atoms with van der Waals surface area (Å²) in [5, 5.41) is 15.8. The fourth-order valence-corrected chi connectivity index (χ4v) is 12.5. The second-order valence-electron chi connectivity index (χ2n) is 17.1.